The van der Waals surface area contributed by atoms with Gasteiger partial charge in [0.1, 0.15) is 11.5 Å². The second-order valence-corrected chi connectivity index (χ2v) is 5.14. The third-order valence-electron chi connectivity index (χ3n) is 3.64. The number of aromatic hydroxyl groups is 2. The van der Waals surface area contributed by atoms with Crippen molar-refractivity contribution >= 4 is 0 Å². The zero-order valence-electron chi connectivity index (χ0n) is 16.9. The van der Waals surface area contributed by atoms with Crippen LogP contribution in [0.5, 0.6) is 11.5 Å². The molecule has 0 spiro atoms. The van der Waals surface area contributed by atoms with Crippen molar-refractivity contribution in [3.8, 4) is 11.5 Å². The smallest absolute Gasteiger partial charge is 0.123 e. The molecule has 19 heavy (non-hydrogen) atoms. The van der Waals surface area contributed by atoms with Gasteiger partial charge in [0.05, 0.1) is 0 Å². The molecule has 0 bridgehead atoms. The van der Waals surface area contributed by atoms with Gasteiger partial charge in [-0.1, -0.05) is 23.8 Å². The number of allylic oxidation sites excluding steroid dienone is 3. The van der Waals surface area contributed by atoms with E-state index in [1.807, 2.05) is 6.92 Å². The highest BCUT2D eigenvalue weighted by atomic mass is 16.3. The highest BCUT2D eigenvalue weighted by Gasteiger charge is 2.29. The Morgan fingerprint density at radius 3 is 2.53 bits per heavy atom. The fraction of sp³-hybridized carbons (Fsp3) is 0.412. The number of phenolic OH excluding ortho intramolecular Hbond substituents is 2. The molecule has 1 aromatic rings. The maximum Gasteiger partial charge on any atom is 0.123 e. The van der Waals surface area contributed by atoms with Crippen molar-refractivity contribution in [3.63, 3.8) is 0 Å². The van der Waals surface area contributed by atoms with E-state index in [1.165, 1.54) is 0 Å². The van der Waals surface area contributed by atoms with Gasteiger partial charge >= 0.3 is 0 Å². The zero-order valence-corrected chi connectivity index (χ0v) is 10.9. The first kappa shape index (κ1) is 7.78. The quantitative estimate of drug-likeness (QED) is 0.776. The van der Waals surface area contributed by atoms with E-state index in [4.69, 9.17) is 8.22 Å². The molecule has 0 saturated heterocycles. The summed E-state index contributed by atoms with van der Waals surface area (Å²) in [6, 6.07) is 2.21. The summed E-state index contributed by atoms with van der Waals surface area (Å²) in [5.41, 5.74) is 1.05. The molecule has 2 atom stereocenters. The van der Waals surface area contributed by atoms with E-state index < -0.39 is 19.6 Å². The summed E-state index contributed by atoms with van der Waals surface area (Å²) in [4.78, 5) is 0. The van der Waals surface area contributed by atoms with E-state index in [0.29, 0.717) is 12.8 Å². The van der Waals surface area contributed by atoms with E-state index in [9.17, 15) is 10.2 Å². The third kappa shape index (κ3) is 2.67. The number of hydrogen-bond donors (Lipinski definition) is 2. The van der Waals surface area contributed by atoms with Crippen LogP contribution in [0.4, 0.5) is 0 Å². The summed E-state index contributed by atoms with van der Waals surface area (Å²) in [7, 11) is 0. The summed E-state index contributed by atoms with van der Waals surface area (Å²) in [6.45, 7) is 1.04. The van der Waals surface area contributed by atoms with Crippen LogP contribution >= 0.6 is 0 Å². The van der Waals surface area contributed by atoms with Crippen molar-refractivity contribution < 1.29 is 18.4 Å². The van der Waals surface area contributed by atoms with Gasteiger partial charge in [-0.15, -0.1) is 0 Å². The van der Waals surface area contributed by atoms with Gasteiger partial charge in [0.2, 0.25) is 0 Å². The molecule has 0 aliphatic heterocycles. The molecule has 2 heteroatoms. The average Bonchev–Trinajstić information content (AvgIpc) is 2.44. The molecule has 2 rings (SSSR count). The van der Waals surface area contributed by atoms with Crippen LogP contribution in [0.3, 0.4) is 0 Å². The SMILES string of the molecule is [2H]C([2H])([2H])C1=CC(c2c(O)cc(C([2H])([2H])[2H])cc2O)C(C(=C)C)CC1. The first-order valence-corrected chi connectivity index (χ1v) is 6.25. The molecule has 0 aromatic heterocycles. The fourth-order valence-corrected chi connectivity index (χ4v) is 2.71. The van der Waals surface area contributed by atoms with Crippen LogP contribution in [0.15, 0.2) is 35.9 Å². The molecule has 0 heterocycles. The minimum absolute atomic E-state index is 0.141. The minimum Gasteiger partial charge on any atom is -0.507 e. The van der Waals surface area contributed by atoms with Gasteiger partial charge in [-0.2, -0.15) is 0 Å². The van der Waals surface area contributed by atoms with Gasteiger partial charge in [-0.3, -0.25) is 0 Å². The predicted molar refractivity (Wildman–Crippen MR) is 78.5 cm³/mol. The Hall–Kier alpha value is -1.70. The maximum absolute atomic E-state index is 10.4. The van der Waals surface area contributed by atoms with Gasteiger partial charge in [0, 0.05) is 19.7 Å². The fourth-order valence-electron chi connectivity index (χ4n) is 2.71. The van der Waals surface area contributed by atoms with Crippen LogP contribution in [0, 0.1) is 12.8 Å². The lowest BCUT2D eigenvalue weighted by atomic mass is 9.74. The van der Waals surface area contributed by atoms with Crippen LogP contribution in [-0.4, -0.2) is 10.2 Å². The van der Waals surface area contributed by atoms with Crippen LogP contribution < -0.4 is 0 Å². The number of benzene rings is 1. The highest BCUT2D eigenvalue weighted by molar-refractivity contribution is 5.51. The lowest BCUT2D eigenvalue weighted by Gasteiger charge is -2.31. The predicted octanol–water partition coefficient (Wildman–Crippen LogP) is 4.42. The Balaban J connectivity index is 2.61. The third-order valence-corrected chi connectivity index (χ3v) is 3.64. The summed E-state index contributed by atoms with van der Waals surface area (Å²) < 4.78 is 45.1. The van der Waals surface area contributed by atoms with Crippen LogP contribution in [0.1, 0.15) is 51.9 Å². The molecular formula is C17H22O2. The molecule has 1 aromatic carbocycles. The minimum atomic E-state index is -2.46. The summed E-state index contributed by atoms with van der Waals surface area (Å²) >= 11 is 0. The topological polar surface area (TPSA) is 40.5 Å². The molecule has 1 aliphatic carbocycles. The molecule has 1 aliphatic rings. The van der Waals surface area contributed by atoms with Gasteiger partial charge in [-0.25, -0.2) is 0 Å². The van der Waals surface area contributed by atoms with E-state index in [0.717, 1.165) is 17.7 Å². The monoisotopic (exact) mass is 264 g/mol. The second-order valence-electron chi connectivity index (χ2n) is 5.14. The largest absolute Gasteiger partial charge is 0.507 e. The van der Waals surface area contributed by atoms with Crippen molar-refractivity contribution in [2.45, 2.75) is 39.4 Å². The molecule has 0 amide bonds. The first-order chi connectivity index (χ1) is 11.3. The molecule has 0 saturated carbocycles. The number of rotatable bonds is 2. The van der Waals surface area contributed by atoms with E-state index in [1.54, 1.807) is 6.08 Å². The van der Waals surface area contributed by atoms with Crippen LogP contribution in [0.2, 0.25) is 0 Å². The Labute approximate surface area is 123 Å². The summed E-state index contributed by atoms with van der Waals surface area (Å²) in [5.74, 6) is -1.44. The van der Waals surface area contributed by atoms with Gasteiger partial charge in [0.15, 0.2) is 0 Å². The Morgan fingerprint density at radius 1 is 1.32 bits per heavy atom. The van der Waals surface area contributed by atoms with Gasteiger partial charge in [-0.05, 0) is 57.1 Å². The average molecular weight is 264 g/mol. The number of hydrogen-bond acceptors (Lipinski definition) is 2. The van der Waals surface area contributed by atoms with Crippen molar-refractivity contribution in [1.82, 2.24) is 0 Å². The zero-order chi connectivity index (χ0) is 19.2. The number of aryl methyl sites for hydroxylation is 1. The van der Waals surface area contributed by atoms with E-state index >= 15 is 0 Å². The Kier molecular flexibility index (Phi) is 2.10. The van der Waals surface area contributed by atoms with Gasteiger partial charge in [0.25, 0.3) is 0 Å². The second kappa shape index (κ2) is 5.12. The van der Waals surface area contributed by atoms with E-state index in [2.05, 4.69) is 6.58 Å². The van der Waals surface area contributed by atoms with Crippen molar-refractivity contribution in [2.24, 2.45) is 5.92 Å². The Bertz CT molecular complexity index is 692. The van der Waals surface area contributed by atoms with Crippen molar-refractivity contribution in [3.05, 3.63) is 47.1 Å². The molecular weight excluding hydrogens is 236 g/mol. The van der Waals surface area contributed by atoms with E-state index in [-0.39, 0.29) is 34.1 Å². The molecule has 2 nitrogen and oxygen atoms in total. The molecule has 0 radical (unpaired) electrons. The summed E-state index contributed by atoms with van der Waals surface area (Å²) in [6.07, 6.45) is 2.48. The van der Waals surface area contributed by atoms with Crippen molar-refractivity contribution in [2.75, 3.05) is 0 Å². The normalized spacial score (nSPS) is 29.0. The number of phenols is 2. The van der Waals surface area contributed by atoms with Crippen molar-refractivity contribution in [1.29, 1.82) is 0 Å². The van der Waals surface area contributed by atoms with Crippen LogP contribution in [-0.2, 0) is 0 Å². The molecule has 2 N–H and O–H groups in total. The molecule has 2 unspecified atom stereocenters. The summed E-state index contributed by atoms with van der Waals surface area (Å²) in [5, 5.41) is 20.7. The standard InChI is InChI=1S/C17H22O2/c1-10(2)13-6-5-11(3)7-14(13)17-15(18)8-12(4)9-16(17)19/h7-9,13-14,18-19H,1,5-6H2,2-4H3/i3D3,4D3. The lowest BCUT2D eigenvalue weighted by Crippen LogP contribution is -2.17. The van der Waals surface area contributed by atoms with Gasteiger partial charge < -0.3 is 10.2 Å². The lowest BCUT2D eigenvalue weighted by molar-refractivity contribution is 0.406. The molecule has 102 valence electrons. The Morgan fingerprint density at radius 2 is 2.00 bits per heavy atom. The van der Waals surface area contributed by atoms with Crippen LogP contribution in [0.25, 0.3) is 0 Å². The first-order valence-electron chi connectivity index (χ1n) is 9.25. The highest BCUT2D eigenvalue weighted by Crippen LogP contribution is 2.46. The maximum atomic E-state index is 10.4. The molecule has 0 fully saturated rings.